The summed E-state index contributed by atoms with van der Waals surface area (Å²) in [7, 11) is 2.11. The minimum atomic E-state index is 0.460. The summed E-state index contributed by atoms with van der Waals surface area (Å²) in [6, 6.07) is 2.56. The van der Waals surface area contributed by atoms with Crippen LogP contribution in [0.4, 0.5) is 5.82 Å². The summed E-state index contributed by atoms with van der Waals surface area (Å²) in [5.41, 5.74) is 1.12. The summed E-state index contributed by atoms with van der Waals surface area (Å²) in [6.45, 7) is 6.17. The molecule has 2 rings (SSSR count). The number of pyridine rings is 1. The molecule has 3 nitrogen and oxygen atoms in total. The molecule has 1 aromatic heterocycles. The number of rotatable bonds is 6. The van der Waals surface area contributed by atoms with Crippen LogP contribution in [0.25, 0.3) is 0 Å². The summed E-state index contributed by atoms with van der Waals surface area (Å²) >= 11 is 6.18. The van der Waals surface area contributed by atoms with Crippen molar-refractivity contribution >= 4 is 17.4 Å². The van der Waals surface area contributed by atoms with Crippen molar-refractivity contribution in [2.24, 2.45) is 5.92 Å². The molecule has 1 fully saturated rings. The van der Waals surface area contributed by atoms with Crippen molar-refractivity contribution in [3.63, 3.8) is 0 Å². The minimum absolute atomic E-state index is 0.460. The fraction of sp³-hybridized carbons (Fsp3) is 0.643. The van der Waals surface area contributed by atoms with Crippen LogP contribution in [-0.4, -0.2) is 24.6 Å². The van der Waals surface area contributed by atoms with Gasteiger partial charge in [-0.3, -0.25) is 0 Å². The van der Waals surface area contributed by atoms with Crippen LogP contribution in [0, 0.1) is 5.92 Å². The average molecular weight is 268 g/mol. The number of anilines is 1. The molecule has 0 radical (unpaired) electrons. The van der Waals surface area contributed by atoms with Gasteiger partial charge in [0.2, 0.25) is 0 Å². The fourth-order valence-electron chi connectivity index (χ4n) is 1.91. The molecule has 0 unspecified atom stereocenters. The largest absolute Gasteiger partial charge is 0.359 e. The van der Waals surface area contributed by atoms with Crippen LogP contribution >= 0.6 is 11.6 Å². The van der Waals surface area contributed by atoms with E-state index in [0.717, 1.165) is 35.4 Å². The second-order valence-corrected chi connectivity index (χ2v) is 5.90. The number of hydrogen-bond acceptors (Lipinski definition) is 3. The maximum atomic E-state index is 6.18. The SMILES string of the molecule is CC(C)NCc1cc(N(C)CC2CC2)ncc1Cl. The predicted octanol–water partition coefficient (Wildman–Crippen LogP) is 3.08. The van der Waals surface area contributed by atoms with Gasteiger partial charge < -0.3 is 10.2 Å². The Morgan fingerprint density at radius 3 is 2.83 bits per heavy atom. The van der Waals surface area contributed by atoms with Gasteiger partial charge in [0, 0.05) is 32.4 Å². The van der Waals surface area contributed by atoms with Crippen LogP contribution in [0.1, 0.15) is 32.3 Å². The molecule has 0 bridgehead atoms. The van der Waals surface area contributed by atoms with Gasteiger partial charge >= 0.3 is 0 Å². The Balaban J connectivity index is 2.04. The number of halogens is 1. The molecule has 0 spiro atoms. The second kappa shape index (κ2) is 5.89. The lowest BCUT2D eigenvalue weighted by molar-refractivity contribution is 0.588. The average Bonchev–Trinajstić information content (AvgIpc) is 3.11. The van der Waals surface area contributed by atoms with Crippen LogP contribution in [0.2, 0.25) is 5.02 Å². The van der Waals surface area contributed by atoms with E-state index in [-0.39, 0.29) is 0 Å². The van der Waals surface area contributed by atoms with Crippen LogP contribution in [0.3, 0.4) is 0 Å². The number of nitrogens with one attached hydrogen (secondary N) is 1. The lowest BCUT2D eigenvalue weighted by atomic mass is 10.2. The van der Waals surface area contributed by atoms with Crippen molar-refractivity contribution in [3.8, 4) is 0 Å². The summed E-state index contributed by atoms with van der Waals surface area (Å²) in [4.78, 5) is 6.64. The molecule has 18 heavy (non-hydrogen) atoms. The number of aromatic nitrogens is 1. The van der Waals surface area contributed by atoms with Gasteiger partial charge in [0.25, 0.3) is 0 Å². The molecule has 1 heterocycles. The standard InChI is InChI=1S/C14H22ClN3/c1-10(2)16-7-12-6-14(17-8-13(12)15)18(3)9-11-4-5-11/h6,8,10-11,16H,4-5,7,9H2,1-3H3. The summed E-state index contributed by atoms with van der Waals surface area (Å²) in [6.07, 6.45) is 4.48. The van der Waals surface area contributed by atoms with E-state index >= 15 is 0 Å². The van der Waals surface area contributed by atoms with E-state index in [0.29, 0.717) is 6.04 Å². The van der Waals surface area contributed by atoms with Gasteiger partial charge in [0.05, 0.1) is 5.02 Å². The first-order valence-electron chi connectivity index (χ1n) is 6.65. The lowest BCUT2D eigenvalue weighted by Crippen LogP contribution is -2.24. The van der Waals surface area contributed by atoms with Crippen molar-refractivity contribution in [2.45, 2.75) is 39.3 Å². The maximum Gasteiger partial charge on any atom is 0.128 e. The summed E-state index contributed by atoms with van der Waals surface area (Å²) < 4.78 is 0. The minimum Gasteiger partial charge on any atom is -0.359 e. The number of hydrogen-bond donors (Lipinski definition) is 1. The third-order valence-corrected chi connectivity index (χ3v) is 3.58. The fourth-order valence-corrected chi connectivity index (χ4v) is 2.08. The first-order valence-corrected chi connectivity index (χ1v) is 7.03. The quantitative estimate of drug-likeness (QED) is 0.859. The highest BCUT2D eigenvalue weighted by molar-refractivity contribution is 6.31. The van der Waals surface area contributed by atoms with E-state index in [1.807, 2.05) is 0 Å². The Kier molecular flexibility index (Phi) is 4.46. The molecule has 4 heteroatoms. The van der Waals surface area contributed by atoms with Gasteiger partial charge in [-0.2, -0.15) is 0 Å². The molecule has 1 aliphatic carbocycles. The summed E-state index contributed by atoms with van der Waals surface area (Å²) in [5, 5.41) is 4.13. The van der Waals surface area contributed by atoms with Gasteiger partial charge in [0.1, 0.15) is 5.82 Å². The molecular weight excluding hydrogens is 246 g/mol. The summed E-state index contributed by atoms with van der Waals surface area (Å²) in [5.74, 6) is 1.89. The molecule has 1 saturated carbocycles. The predicted molar refractivity (Wildman–Crippen MR) is 77.2 cm³/mol. The zero-order valence-electron chi connectivity index (χ0n) is 11.4. The van der Waals surface area contributed by atoms with Gasteiger partial charge in [0.15, 0.2) is 0 Å². The zero-order valence-corrected chi connectivity index (χ0v) is 12.2. The van der Waals surface area contributed by atoms with Crippen molar-refractivity contribution in [2.75, 3.05) is 18.5 Å². The maximum absolute atomic E-state index is 6.18. The Hall–Kier alpha value is -0.800. The highest BCUT2D eigenvalue weighted by atomic mass is 35.5. The molecule has 0 atom stereocenters. The van der Waals surface area contributed by atoms with Crippen LogP contribution < -0.4 is 10.2 Å². The monoisotopic (exact) mass is 267 g/mol. The Labute approximate surface area is 115 Å². The smallest absolute Gasteiger partial charge is 0.128 e. The van der Waals surface area contributed by atoms with Crippen molar-refractivity contribution < 1.29 is 0 Å². The third-order valence-electron chi connectivity index (χ3n) is 3.24. The van der Waals surface area contributed by atoms with E-state index in [2.05, 4.69) is 42.2 Å². The van der Waals surface area contributed by atoms with E-state index in [1.54, 1.807) is 6.20 Å². The van der Waals surface area contributed by atoms with Crippen LogP contribution in [0.15, 0.2) is 12.3 Å². The second-order valence-electron chi connectivity index (χ2n) is 5.49. The van der Waals surface area contributed by atoms with Crippen molar-refractivity contribution in [3.05, 3.63) is 22.8 Å². The molecule has 0 aliphatic heterocycles. The van der Waals surface area contributed by atoms with Gasteiger partial charge in [-0.05, 0) is 30.4 Å². The first kappa shape index (κ1) is 13.6. The molecule has 0 amide bonds. The molecule has 100 valence electrons. The van der Waals surface area contributed by atoms with Crippen LogP contribution in [0.5, 0.6) is 0 Å². The molecule has 1 aromatic rings. The lowest BCUT2D eigenvalue weighted by Gasteiger charge is -2.19. The highest BCUT2D eigenvalue weighted by Crippen LogP contribution is 2.31. The van der Waals surface area contributed by atoms with Crippen molar-refractivity contribution in [1.82, 2.24) is 10.3 Å². The number of nitrogens with zero attached hydrogens (tertiary/aromatic N) is 2. The third kappa shape index (κ3) is 3.85. The van der Waals surface area contributed by atoms with E-state index in [9.17, 15) is 0 Å². The molecule has 0 saturated heterocycles. The van der Waals surface area contributed by atoms with E-state index in [1.165, 1.54) is 12.8 Å². The van der Waals surface area contributed by atoms with Gasteiger partial charge in [-0.1, -0.05) is 25.4 Å². The topological polar surface area (TPSA) is 28.2 Å². The molecule has 1 aliphatic rings. The normalized spacial score (nSPS) is 15.2. The molecular formula is C14H22ClN3. The van der Waals surface area contributed by atoms with Crippen LogP contribution in [-0.2, 0) is 6.54 Å². The van der Waals surface area contributed by atoms with Crippen molar-refractivity contribution in [1.29, 1.82) is 0 Å². The highest BCUT2D eigenvalue weighted by Gasteiger charge is 2.23. The zero-order chi connectivity index (χ0) is 13.1. The van der Waals surface area contributed by atoms with Gasteiger partial charge in [-0.15, -0.1) is 0 Å². The Morgan fingerprint density at radius 2 is 2.22 bits per heavy atom. The molecule has 0 aromatic carbocycles. The van der Waals surface area contributed by atoms with E-state index < -0.39 is 0 Å². The Bertz CT molecular complexity index is 402. The molecule has 1 N–H and O–H groups in total. The van der Waals surface area contributed by atoms with E-state index in [4.69, 9.17) is 11.6 Å². The first-order chi connectivity index (χ1) is 8.56. The Morgan fingerprint density at radius 1 is 1.50 bits per heavy atom. The van der Waals surface area contributed by atoms with Gasteiger partial charge in [-0.25, -0.2) is 4.98 Å².